The van der Waals surface area contributed by atoms with E-state index in [4.69, 9.17) is 5.11 Å². The average molecular weight is 242 g/mol. The van der Waals surface area contributed by atoms with Crippen molar-refractivity contribution in [2.24, 2.45) is 0 Å². The summed E-state index contributed by atoms with van der Waals surface area (Å²) in [4.78, 5) is 24.7. The molecule has 98 valence electrons. The first-order chi connectivity index (χ1) is 7.73. The van der Waals surface area contributed by atoms with E-state index in [1.165, 1.54) is 0 Å². The Kier molecular flexibility index (Phi) is 4.14. The van der Waals surface area contributed by atoms with Crippen molar-refractivity contribution in [3.05, 3.63) is 0 Å². The second kappa shape index (κ2) is 5.04. The lowest BCUT2D eigenvalue weighted by Crippen LogP contribution is -2.64. The predicted molar refractivity (Wildman–Crippen MR) is 64.7 cm³/mol. The fraction of sp³-hybridized carbons (Fsp3) is 0.833. The first-order valence-electron chi connectivity index (χ1n) is 6.02. The van der Waals surface area contributed by atoms with E-state index in [0.717, 1.165) is 0 Å². The Morgan fingerprint density at radius 1 is 1.53 bits per heavy atom. The van der Waals surface area contributed by atoms with Crippen molar-refractivity contribution in [3.8, 4) is 0 Å². The minimum absolute atomic E-state index is 0.0116. The molecule has 2 unspecified atom stereocenters. The van der Waals surface area contributed by atoms with Gasteiger partial charge in [-0.3, -0.25) is 9.59 Å². The molecular formula is C12H22N2O3. The molecule has 2 N–H and O–H groups in total. The quantitative estimate of drug-likeness (QED) is 0.769. The standard InChI is InChI=1S/C12H22N2O3/c1-8-7-13-9(5-6-10(15)16)11(17)14(8)12(2,3)4/h8-9,13H,5-7H2,1-4H3,(H,15,16). The van der Waals surface area contributed by atoms with Crippen LogP contribution < -0.4 is 5.32 Å². The van der Waals surface area contributed by atoms with Crippen molar-refractivity contribution < 1.29 is 14.7 Å². The van der Waals surface area contributed by atoms with Gasteiger partial charge in [-0.05, 0) is 34.1 Å². The molecule has 1 rings (SSSR count). The molecule has 1 saturated heterocycles. The Morgan fingerprint density at radius 2 is 2.12 bits per heavy atom. The van der Waals surface area contributed by atoms with E-state index >= 15 is 0 Å². The van der Waals surface area contributed by atoms with Gasteiger partial charge in [0.2, 0.25) is 5.91 Å². The number of nitrogens with zero attached hydrogens (tertiary/aromatic N) is 1. The maximum absolute atomic E-state index is 12.3. The largest absolute Gasteiger partial charge is 0.481 e. The minimum atomic E-state index is -0.861. The van der Waals surface area contributed by atoms with E-state index in [9.17, 15) is 9.59 Å². The summed E-state index contributed by atoms with van der Waals surface area (Å²) in [6, 6.07) is -0.217. The van der Waals surface area contributed by atoms with Gasteiger partial charge in [-0.25, -0.2) is 0 Å². The zero-order valence-corrected chi connectivity index (χ0v) is 11.0. The molecule has 1 heterocycles. The number of carbonyl (C=O) groups excluding carboxylic acids is 1. The number of aliphatic carboxylic acids is 1. The number of piperazine rings is 1. The lowest BCUT2D eigenvalue weighted by Gasteiger charge is -2.46. The molecule has 0 radical (unpaired) electrons. The first kappa shape index (κ1) is 14.0. The summed E-state index contributed by atoms with van der Waals surface area (Å²) >= 11 is 0. The third kappa shape index (κ3) is 3.43. The Bertz CT molecular complexity index is 309. The Hall–Kier alpha value is -1.10. The summed E-state index contributed by atoms with van der Waals surface area (Å²) in [5.41, 5.74) is -0.222. The fourth-order valence-corrected chi connectivity index (χ4v) is 2.36. The summed E-state index contributed by atoms with van der Waals surface area (Å²) < 4.78 is 0. The van der Waals surface area contributed by atoms with Gasteiger partial charge in [0.15, 0.2) is 0 Å². The number of hydrogen-bond donors (Lipinski definition) is 2. The number of amides is 1. The molecule has 0 aromatic heterocycles. The topological polar surface area (TPSA) is 69.6 Å². The monoisotopic (exact) mass is 242 g/mol. The van der Waals surface area contributed by atoms with Gasteiger partial charge in [0.1, 0.15) is 0 Å². The van der Waals surface area contributed by atoms with E-state index in [1.54, 1.807) is 0 Å². The molecule has 0 bridgehead atoms. The minimum Gasteiger partial charge on any atom is -0.481 e. The average Bonchev–Trinajstić information content (AvgIpc) is 2.14. The molecule has 1 aliphatic rings. The number of carboxylic acids is 1. The number of carboxylic acid groups (broad SMARTS) is 1. The SMILES string of the molecule is CC1CNC(CCC(=O)O)C(=O)N1C(C)(C)C. The van der Waals surface area contributed by atoms with Crippen molar-refractivity contribution >= 4 is 11.9 Å². The van der Waals surface area contributed by atoms with E-state index < -0.39 is 5.97 Å². The van der Waals surface area contributed by atoms with Gasteiger partial charge in [-0.2, -0.15) is 0 Å². The maximum Gasteiger partial charge on any atom is 0.303 e. The third-order valence-corrected chi connectivity index (χ3v) is 3.01. The summed E-state index contributed by atoms with van der Waals surface area (Å²) in [5, 5.41) is 11.8. The van der Waals surface area contributed by atoms with Crippen LogP contribution in [0.15, 0.2) is 0 Å². The highest BCUT2D eigenvalue weighted by atomic mass is 16.4. The second-order valence-corrected chi connectivity index (χ2v) is 5.62. The second-order valence-electron chi connectivity index (χ2n) is 5.62. The zero-order chi connectivity index (χ0) is 13.2. The van der Waals surface area contributed by atoms with Crippen molar-refractivity contribution in [1.82, 2.24) is 10.2 Å². The molecule has 0 aliphatic carbocycles. The normalized spacial score (nSPS) is 26.1. The van der Waals surface area contributed by atoms with E-state index in [-0.39, 0.29) is 30.0 Å². The lowest BCUT2D eigenvalue weighted by molar-refractivity contribution is -0.145. The van der Waals surface area contributed by atoms with Crippen LogP contribution in [0.2, 0.25) is 0 Å². The zero-order valence-electron chi connectivity index (χ0n) is 11.0. The van der Waals surface area contributed by atoms with Crippen LogP contribution in [-0.4, -0.2) is 46.1 Å². The number of rotatable bonds is 3. The molecule has 0 aromatic carbocycles. The Balaban J connectivity index is 2.72. The molecule has 0 aromatic rings. The van der Waals surface area contributed by atoms with Gasteiger partial charge in [0.05, 0.1) is 6.04 Å². The van der Waals surface area contributed by atoms with Crippen LogP contribution in [0.25, 0.3) is 0 Å². The van der Waals surface area contributed by atoms with Gasteiger partial charge in [-0.15, -0.1) is 0 Å². The molecule has 5 heteroatoms. The maximum atomic E-state index is 12.3. The molecule has 17 heavy (non-hydrogen) atoms. The molecule has 0 spiro atoms. The van der Waals surface area contributed by atoms with Gasteiger partial charge < -0.3 is 15.3 Å². The number of hydrogen-bond acceptors (Lipinski definition) is 3. The number of carbonyl (C=O) groups is 2. The van der Waals surface area contributed by atoms with Crippen LogP contribution >= 0.6 is 0 Å². The van der Waals surface area contributed by atoms with E-state index in [1.807, 2.05) is 32.6 Å². The fourth-order valence-electron chi connectivity index (χ4n) is 2.36. The molecule has 1 fully saturated rings. The summed E-state index contributed by atoms with van der Waals surface area (Å²) in [6.45, 7) is 8.72. The van der Waals surface area contributed by atoms with Crippen molar-refractivity contribution in [2.75, 3.05) is 6.54 Å². The summed E-state index contributed by atoms with van der Waals surface area (Å²) in [5.74, 6) is -0.849. The van der Waals surface area contributed by atoms with Crippen molar-refractivity contribution in [3.63, 3.8) is 0 Å². The van der Waals surface area contributed by atoms with Crippen LogP contribution in [0.5, 0.6) is 0 Å². The van der Waals surface area contributed by atoms with Crippen LogP contribution in [0.1, 0.15) is 40.5 Å². The molecule has 2 atom stereocenters. The summed E-state index contributed by atoms with van der Waals surface area (Å²) in [7, 11) is 0. The highest BCUT2D eigenvalue weighted by Crippen LogP contribution is 2.22. The van der Waals surface area contributed by atoms with E-state index in [0.29, 0.717) is 13.0 Å². The number of nitrogens with one attached hydrogen (secondary N) is 1. The molecule has 5 nitrogen and oxygen atoms in total. The van der Waals surface area contributed by atoms with Gasteiger partial charge >= 0.3 is 5.97 Å². The highest BCUT2D eigenvalue weighted by molar-refractivity contribution is 5.84. The Morgan fingerprint density at radius 3 is 2.59 bits per heavy atom. The van der Waals surface area contributed by atoms with Crippen LogP contribution in [0.3, 0.4) is 0 Å². The third-order valence-electron chi connectivity index (χ3n) is 3.01. The van der Waals surface area contributed by atoms with Gasteiger partial charge in [0, 0.05) is 24.5 Å². The van der Waals surface area contributed by atoms with Crippen LogP contribution in [0, 0.1) is 0 Å². The first-order valence-corrected chi connectivity index (χ1v) is 6.02. The molecule has 1 amide bonds. The van der Waals surface area contributed by atoms with Crippen molar-refractivity contribution in [1.29, 1.82) is 0 Å². The molecule has 1 aliphatic heterocycles. The Labute approximate surface area is 102 Å². The smallest absolute Gasteiger partial charge is 0.303 e. The predicted octanol–water partition coefficient (Wildman–Crippen LogP) is 0.839. The summed E-state index contributed by atoms with van der Waals surface area (Å²) in [6.07, 6.45) is 0.378. The lowest BCUT2D eigenvalue weighted by atomic mass is 9.97. The molecular weight excluding hydrogens is 220 g/mol. The van der Waals surface area contributed by atoms with Crippen LogP contribution in [0.4, 0.5) is 0 Å². The molecule has 0 saturated carbocycles. The van der Waals surface area contributed by atoms with Crippen molar-refractivity contribution in [2.45, 2.75) is 58.2 Å². The van der Waals surface area contributed by atoms with Crippen LogP contribution in [-0.2, 0) is 9.59 Å². The highest BCUT2D eigenvalue weighted by Gasteiger charge is 2.38. The van der Waals surface area contributed by atoms with Gasteiger partial charge in [-0.1, -0.05) is 0 Å². The van der Waals surface area contributed by atoms with E-state index in [2.05, 4.69) is 5.32 Å². The van der Waals surface area contributed by atoms with Gasteiger partial charge in [0.25, 0.3) is 0 Å².